The van der Waals surface area contributed by atoms with Crippen LogP contribution in [0.2, 0.25) is 0 Å². The lowest BCUT2D eigenvalue weighted by Crippen LogP contribution is -2.79. The first kappa shape index (κ1) is 44.1. The summed E-state index contributed by atoms with van der Waals surface area (Å²) in [6.07, 6.45) is 3.69. The second kappa shape index (κ2) is 17.9. The fourth-order valence-corrected chi connectivity index (χ4v) is 8.83. The van der Waals surface area contributed by atoms with Gasteiger partial charge in [-0.3, -0.25) is 10.4 Å². The Bertz CT molecular complexity index is 2510. The highest BCUT2D eigenvalue weighted by molar-refractivity contribution is 6.14. The number of aliphatic hydroxyl groups excluding tert-OH is 2. The number of amidine groups is 1. The Morgan fingerprint density at radius 3 is 2.45 bits per heavy atom. The van der Waals surface area contributed by atoms with Crippen LogP contribution in [-0.4, -0.2) is 108 Å². The number of aromatic hydroxyl groups is 2. The van der Waals surface area contributed by atoms with Crippen LogP contribution in [0, 0.1) is 11.3 Å². The largest absolute Gasteiger partial charge is 0.508 e. The van der Waals surface area contributed by atoms with E-state index in [4.69, 9.17) is 29.1 Å². The van der Waals surface area contributed by atoms with Gasteiger partial charge in [-0.05, 0) is 78.4 Å². The van der Waals surface area contributed by atoms with Crippen LogP contribution in [0.1, 0.15) is 74.3 Å². The molecule has 0 radical (unpaired) electrons. The Morgan fingerprint density at radius 2 is 1.77 bits per heavy atom. The normalized spacial score (nSPS) is 26.6. The van der Waals surface area contributed by atoms with Gasteiger partial charge in [-0.1, -0.05) is 50.5 Å². The number of unbranched alkanes of at least 4 members (excludes halogenated alkanes) is 2. The molecule has 8 N–H and O–H groups in total. The van der Waals surface area contributed by atoms with Crippen LogP contribution >= 0.6 is 0 Å². The number of fused-ring (bicyclic) bond motifs is 3. The monoisotopic (exact) mass is 878 g/mol. The summed E-state index contributed by atoms with van der Waals surface area (Å²) in [4.78, 5) is 25.6. The maximum atomic E-state index is 13.0. The van der Waals surface area contributed by atoms with E-state index in [1.807, 2.05) is 13.8 Å². The number of aliphatic carboxylic acids is 1. The molecule has 0 amide bonds. The molecule has 0 aromatic heterocycles. The Balaban J connectivity index is 1.15. The highest BCUT2D eigenvalue weighted by Crippen LogP contribution is 2.54. The zero-order chi connectivity index (χ0) is 45.3. The Hall–Kier alpha value is -6.53. The zero-order valence-corrected chi connectivity index (χ0v) is 35.2. The number of carboxylic acid groups (broad SMARTS) is 1. The van der Waals surface area contributed by atoms with Gasteiger partial charge in [-0.2, -0.15) is 0 Å². The third-order valence-corrected chi connectivity index (χ3v) is 12.0. The van der Waals surface area contributed by atoms with Crippen LogP contribution in [0.15, 0.2) is 93.4 Å². The molecule has 3 aromatic rings. The summed E-state index contributed by atoms with van der Waals surface area (Å²) in [5.41, 5.74) is -2.03. The number of hydrogen-bond donors (Lipinski definition) is 8. The molecule has 5 aliphatic rings. The van der Waals surface area contributed by atoms with Crippen molar-refractivity contribution in [3.05, 3.63) is 101 Å². The summed E-state index contributed by atoms with van der Waals surface area (Å²) >= 11 is 0. The van der Waals surface area contributed by atoms with Gasteiger partial charge in [0.25, 0.3) is 0 Å². The second-order valence-corrected chi connectivity index (χ2v) is 16.3. The molecular formula is C47H50N4O13. The molecule has 0 spiro atoms. The molecule has 64 heavy (non-hydrogen) atoms. The molecule has 1 aliphatic carbocycles. The Morgan fingerprint density at radius 1 is 0.984 bits per heavy atom. The summed E-state index contributed by atoms with van der Waals surface area (Å²) in [6, 6.07) is 13.0. The maximum absolute atomic E-state index is 13.0. The van der Waals surface area contributed by atoms with Crippen molar-refractivity contribution in [3.63, 3.8) is 0 Å². The van der Waals surface area contributed by atoms with Crippen molar-refractivity contribution >= 4 is 35.3 Å². The van der Waals surface area contributed by atoms with Gasteiger partial charge in [0.15, 0.2) is 23.2 Å². The summed E-state index contributed by atoms with van der Waals surface area (Å²) < 4.78 is 30.6. The zero-order valence-electron chi connectivity index (χ0n) is 35.2. The van der Waals surface area contributed by atoms with Gasteiger partial charge in [0, 0.05) is 24.3 Å². The number of nitrogens with one attached hydrogen (secondary N) is 1. The van der Waals surface area contributed by atoms with E-state index in [0.717, 1.165) is 24.1 Å². The maximum Gasteiger partial charge on any atom is 0.336 e. The quantitative estimate of drug-likeness (QED) is 0.0602. The fraction of sp³-hybridized carbons (Fsp3) is 0.383. The molecule has 1 fully saturated rings. The number of phenols is 2. The van der Waals surface area contributed by atoms with Crippen molar-refractivity contribution in [2.75, 3.05) is 13.2 Å². The van der Waals surface area contributed by atoms with Gasteiger partial charge >= 0.3 is 5.97 Å². The number of rotatable bonds is 17. The number of hydrogen-bond acceptors (Lipinski definition) is 15. The van der Waals surface area contributed by atoms with E-state index < -0.39 is 53.4 Å². The predicted octanol–water partition coefficient (Wildman–Crippen LogP) is 5.66. The molecule has 2 bridgehead atoms. The smallest absolute Gasteiger partial charge is 0.336 e. The van der Waals surface area contributed by atoms with Crippen LogP contribution in [0.4, 0.5) is 0 Å². The third kappa shape index (κ3) is 8.34. The first-order valence-corrected chi connectivity index (χ1v) is 21.2. The molecule has 7 atom stereocenters. The topological polar surface area (TPSA) is 266 Å². The number of carboxylic acids is 1. The van der Waals surface area contributed by atoms with Crippen molar-refractivity contribution in [1.82, 2.24) is 0 Å². The van der Waals surface area contributed by atoms with Crippen molar-refractivity contribution in [2.45, 2.75) is 94.8 Å². The molecule has 3 aromatic carbocycles. The molecule has 0 saturated carbocycles. The van der Waals surface area contributed by atoms with Gasteiger partial charge in [0.05, 0.1) is 24.8 Å². The van der Waals surface area contributed by atoms with E-state index in [2.05, 4.69) is 15.0 Å². The standard InChI is InChI=1S/C47H50N4O13/c1-3-5-6-7-28-21-46(58)44(57)47(59,39(28)32-22-49-24-50-32)42(43(55)56)64-45(46)63-36-20-35-38(40(54)41(36)61-23-26-16-25(4-2)17-30(52)18-26)33(53)19-34(62-35)27-8-11-31(12-9-27)60-15-14-29-10-13-37(48)51-29/h8-13,16-21,24,34,39,42,44-45,48,52-54,57-59H,3-7,14-15,22-23H2,1-2H3,(H,55,56). The minimum atomic E-state index is -2.63. The van der Waals surface area contributed by atoms with Crippen LogP contribution in [0.3, 0.4) is 0 Å². The van der Waals surface area contributed by atoms with Crippen LogP contribution < -0.4 is 18.9 Å². The molecule has 4 aliphatic heterocycles. The summed E-state index contributed by atoms with van der Waals surface area (Å²) in [6.45, 7) is 4.03. The molecule has 7 unspecified atom stereocenters. The minimum Gasteiger partial charge on any atom is -0.508 e. The van der Waals surface area contributed by atoms with E-state index in [9.17, 15) is 40.5 Å². The average molecular weight is 879 g/mol. The Labute approximate surface area is 368 Å². The number of aliphatic imine (C=N–C) groups is 3. The van der Waals surface area contributed by atoms with Gasteiger partial charge in [-0.15, -0.1) is 0 Å². The molecular weight excluding hydrogens is 829 g/mol. The number of aliphatic hydroxyl groups is 4. The van der Waals surface area contributed by atoms with E-state index in [1.54, 1.807) is 48.6 Å². The second-order valence-electron chi connectivity index (χ2n) is 16.3. The van der Waals surface area contributed by atoms with Gasteiger partial charge in [0.2, 0.25) is 12.0 Å². The number of allylic oxidation sites excluding steroid dienone is 1. The van der Waals surface area contributed by atoms with Gasteiger partial charge in [-0.25, -0.2) is 14.8 Å². The van der Waals surface area contributed by atoms with Gasteiger partial charge in [0.1, 0.15) is 65.2 Å². The van der Waals surface area contributed by atoms with Crippen LogP contribution in [0.25, 0.3) is 5.76 Å². The first-order chi connectivity index (χ1) is 30.7. The summed E-state index contributed by atoms with van der Waals surface area (Å²) in [5, 5.41) is 88.8. The lowest BCUT2D eigenvalue weighted by Gasteiger charge is -2.57. The van der Waals surface area contributed by atoms with E-state index in [1.165, 1.54) is 30.6 Å². The number of nitrogens with zero attached hydrogens (tertiary/aromatic N) is 3. The highest BCUT2D eigenvalue weighted by Gasteiger charge is 2.71. The van der Waals surface area contributed by atoms with Crippen LogP contribution in [0.5, 0.6) is 34.5 Å². The molecule has 17 heteroatoms. The first-order valence-electron chi connectivity index (χ1n) is 21.2. The molecule has 336 valence electrons. The van der Waals surface area contributed by atoms with Crippen LogP contribution in [-0.2, 0) is 22.6 Å². The lowest BCUT2D eigenvalue weighted by molar-refractivity contribution is -0.338. The molecule has 8 rings (SSSR count). The average Bonchev–Trinajstić information content (AvgIpc) is 3.95. The number of benzene rings is 3. The van der Waals surface area contributed by atoms with E-state index in [0.29, 0.717) is 60.5 Å². The molecule has 4 heterocycles. The molecule has 1 saturated heterocycles. The van der Waals surface area contributed by atoms with E-state index >= 15 is 0 Å². The number of ether oxygens (including phenoxy) is 5. The molecule has 17 nitrogen and oxygen atoms in total. The lowest BCUT2D eigenvalue weighted by atomic mass is 9.60. The number of aryl methyl sites for hydroxylation is 1. The summed E-state index contributed by atoms with van der Waals surface area (Å²) in [7, 11) is 0. The van der Waals surface area contributed by atoms with E-state index in [-0.39, 0.29) is 53.3 Å². The Kier molecular flexibility index (Phi) is 12.3. The number of phenolic OH excluding ortho intramolecular Hbond substituents is 2. The minimum absolute atomic E-state index is 0.0198. The van der Waals surface area contributed by atoms with Crippen molar-refractivity contribution in [3.8, 4) is 34.5 Å². The van der Waals surface area contributed by atoms with Crippen molar-refractivity contribution in [1.29, 1.82) is 5.41 Å². The summed E-state index contributed by atoms with van der Waals surface area (Å²) in [5.74, 6) is -3.96. The fourth-order valence-electron chi connectivity index (χ4n) is 8.83. The highest BCUT2D eigenvalue weighted by atomic mass is 16.7. The predicted molar refractivity (Wildman–Crippen MR) is 234 cm³/mol. The van der Waals surface area contributed by atoms with Gasteiger partial charge < -0.3 is 59.4 Å². The van der Waals surface area contributed by atoms with Crippen molar-refractivity contribution in [2.24, 2.45) is 20.9 Å². The number of carbonyl (C=O) groups is 1. The SMILES string of the molecule is CCCCCC1=CC2(O)C(Oc3cc4c(c(O)c3OCc3cc(O)cc(CC)c3)C(O)=CC(c3ccc(OCCC5=NC(=N)C=C5)cc3)O4)OC(C(=O)O)C(O)(C1C1=NC=NC1)C2O. The third-order valence-electron chi connectivity index (χ3n) is 12.0. The van der Waals surface area contributed by atoms with Crippen molar-refractivity contribution < 1.29 is 64.2 Å².